The maximum atomic E-state index is 10.6. The largest absolute Gasteiger partial charge is 0.343 e. The van der Waals surface area contributed by atoms with Gasteiger partial charge in [-0.05, 0) is 25.7 Å². The topological polar surface area (TPSA) is 73.4 Å². The van der Waals surface area contributed by atoms with Crippen molar-refractivity contribution >= 4 is 6.41 Å². The minimum Gasteiger partial charge on any atom is -0.343 e. The second-order valence-electron chi connectivity index (χ2n) is 5.18. The summed E-state index contributed by atoms with van der Waals surface area (Å²) in [5.74, 6) is 0. The van der Waals surface area contributed by atoms with Crippen molar-refractivity contribution in [3.8, 4) is 6.07 Å². The predicted octanol–water partition coefficient (Wildman–Crippen LogP) is -0.0759. The first-order valence-electron chi connectivity index (χ1n) is 6.30. The van der Waals surface area contributed by atoms with E-state index < -0.39 is 5.54 Å². The van der Waals surface area contributed by atoms with Gasteiger partial charge in [0.15, 0.2) is 0 Å². The standard InChI is InChI=1S/C12H20N4O/c13-9-12(14)3-1-11(2-4-12)16-7-5-15(10-17)6-8-16/h10-11H,1-8,14H2. The third-order valence-corrected chi connectivity index (χ3v) is 4.08. The normalized spacial score (nSPS) is 35.3. The molecule has 1 saturated carbocycles. The van der Waals surface area contributed by atoms with Crippen molar-refractivity contribution in [3.63, 3.8) is 0 Å². The number of nitrogens with zero attached hydrogens (tertiary/aromatic N) is 3. The number of carbonyl (C=O) groups excluding carboxylic acids is 1. The lowest BCUT2D eigenvalue weighted by Crippen LogP contribution is -2.53. The molecule has 17 heavy (non-hydrogen) atoms. The van der Waals surface area contributed by atoms with Crippen LogP contribution in [0, 0.1) is 11.3 Å². The Kier molecular flexibility index (Phi) is 3.65. The number of hydrogen-bond acceptors (Lipinski definition) is 4. The van der Waals surface area contributed by atoms with E-state index in [1.54, 1.807) is 0 Å². The summed E-state index contributed by atoms with van der Waals surface area (Å²) in [5, 5.41) is 8.98. The Labute approximate surface area is 102 Å². The van der Waals surface area contributed by atoms with Crippen LogP contribution in [0.3, 0.4) is 0 Å². The van der Waals surface area contributed by atoms with Crippen molar-refractivity contribution in [1.82, 2.24) is 9.80 Å². The molecule has 94 valence electrons. The van der Waals surface area contributed by atoms with Gasteiger partial charge in [0.05, 0.1) is 6.07 Å². The lowest BCUT2D eigenvalue weighted by Gasteiger charge is -2.42. The Morgan fingerprint density at radius 1 is 1.24 bits per heavy atom. The summed E-state index contributed by atoms with van der Waals surface area (Å²) in [5.41, 5.74) is 5.36. The van der Waals surface area contributed by atoms with Crippen molar-refractivity contribution in [1.29, 1.82) is 5.26 Å². The first-order chi connectivity index (χ1) is 8.17. The van der Waals surface area contributed by atoms with Crippen LogP contribution >= 0.6 is 0 Å². The maximum Gasteiger partial charge on any atom is 0.209 e. The molecule has 2 rings (SSSR count). The van der Waals surface area contributed by atoms with Crippen LogP contribution in [0.2, 0.25) is 0 Å². The number of nitrogens with two attached hydrogens (primary N) is 1. The molecule has 2 aliphatic rings. The Morgan fingerprint density at radius 2 is 1.82 bits per heavy atom. The molecule has 5 heteroatoms. The van der Waals surface area contributed by atoms with E-state index in [9.17, 15) is 4.79 Å². The highest BCUT2D eigenvalue weighted by molar-refractivity contribution is 5.47. The Hall–Kier alpha value is -1.12. The van der Waals surface area contributed by atoms with Gasteiger partial charge < -0.3 is 10.6 Å². The molecule has 1 amide bonds. The molecule has 1 heterocycles. The van der Waals surface area contributed by atoms with Crippen LogP contribution in [0.4, 0.5) is 0 Å². The van der Waals surface area contributed by atoms with Crippen molar-refractivity contribution in [2.45, 2.75) is 37.3 Å². The quantitative estimate of drug-likeness (QED) is 0.681. The zero-order valence-electron chi connectivity index (χ0n) is 10.1. The fourth-order valence-electron chi connectivity index (χ4n) is 2.80. The third kappa shape index (κ3) is 2.76. The van der Waals surface area contributed by atoms with Crippen LogP contribution in [0.15, 0.2) is 0 Å². The van der Waals surface area contributed by atoms with E-state index >= 15 is 0 Å². The molecule has 0 atom stereocenters. The van der Waals surface area contributed by atoms with Crippen LogP contribution in [0.25, 0.3) is 0 Å². The van der Waals surface area contributed by atoms with E-state index in [-0.39, 0.29) is 0 Å². The van der Waals surface area contributed by atoms with Crippen LogP contribution in [0.5, 0.6) is 0 Å². The van der Waals surface area contributed by atoms with Crippen molar-refractivity contribution in [2.24, 2.45) is 5.73 Å². The smallest absolute Gasteiger partial charge is 0.209 e. The van der Waals surface area contributed by atoms with Gasteiger partial charge in [0.1, 0.15) is 5.54 Å². The van der Waals surface area contributed by atoms with Gasteiger partial charge in [0.25, 0.3) is 0 Å². The van der Waals surface area contributed by atoms with Crippen LogP contribution in [-0.2, 0) is 4.79 Å². The molecule has 5 nitrogen and oxygen atoms in total. The molecule has 1 aliphatic carbocycles. The Balaban J connectivity index is 1.82. The number of nitriles is 1. The average Bonchev–Trinajstić information content (AvgIpc) is 2.40. The second-order valence-corrected chi connectivity index (χ2v) is 5.18. The molecule has 0 radical (unpaired) electrons. The molecule has 0 bridgehead atoms. The highest BCUT2D eigenvalue weighted by Crippen LogP contribution is 2.29. The fourth-order valence-corrected chi connectivity index (χ4v) is 2.80. The van der Waals surface area contributed by atoms with Gasteiger partial charge in [-0.1, -0.05) is 0 Å². The molecule has 0 aromatic rings. The van der Waals surface area contributed by atoms with Gasteiger partial charge in [0.2, 0.25) is 6.41 Å². The zero-order chi connectivity index (χ0) is 12.3. The van der Waals surface area contributed by atoms with Gasteiger partial charge in [-0.25, -0.2) is 0 Å². The van der Waals surface area contributed by atoms with E-state index in [1.807, 2.05) is 4.90 Å². The van der Waals surface area contributed by atoms with Crippen LogP contribution < -0.4 is 5.73 Å². The van der Waals surface area contributed by atoms with E-state index in [4.69, 9.17) is 11.0 Å². The number of hydrogen-bond donors (Lipinski definition) is 1. The van der Waals surface area contributed by atoms with Crippen LogP contribution in [0.1, 0.15) is 25.7 Å². The van der Waals surface area contributed by atoms with Gasteiger partial charge in [0, 0.05) is 32.2 Å². The monoisotopic (exact) mass is 236 g/mol. The number of rotatable bonds is 2. The average molecular weight is 236 g/mol. The SMILES string of the molecule is N#CC1(N)CCC(N2CCN(C=O)CC2)CC1. The molecule has 0 unspecified atom stereocenters. The summed E-state index contributed by atoms with van der Waals surface area (Å²) in [6.07, 6.45) is 4.53. The van der Waals surface area contributed by atoms with Crippen molar-refractivity contribution in [2.75, 3.05) is 26.2 Å². The minimum absolute atomic E-state index is 0.550. The summed E-state index contributed by atoms with van der Waals surface area (Å²) < 4.78 is 0. The highest BCUT2D eigenvalue weighted by atomic mass is 16.1. The molecular weight excluding hydrogens is 216 g/mol. The van der Waals surface area contributed by atoms with Crippen molar-refractivity contribution < 1.29 is 4.79 Å². The first-order valence-corrected chi connectivity index (χ1v) is 6.30. The van der Waals surface area contributed by atoms with Gasteiger partial charge in [-0.2, -0.15) is 5.26 Å². The highest BCUT2D eigenvalue weighted by Gasteiger charge is 2.34. The molecule has 1 saturated heterocycles. The summed E-state index contributed by atoms with van der Waals surface area (Å²) in [4.78, 5) is 14.9. The van der Waals surface area contributed by atoms with E-state index in [0.717, 1.165) is 58.3 Å². The van der Waals surface area contributed by atoms with Gasteiger partial charge in [-0.3, -0.25) is 9.69 Å². The van der Waals surface area contributed by atoms with Crippen LogP contribution in [-0.4, -0.2) is 54.0 Å². The molecular formula is C12H20N4O. The Morgan fingerprint density at radius 3 is 2.29 bits per heavy atom. The fraction of sp³-hybridized carbons (Fsp3) is 0.833. The number of carbonyl (C=O) groups is 1. The number of piperazine rings is 1. The lowest BCUT2D eigenvalue weighted by molar-refractivity contribution is -0.120. The molecule has 0 spiro atoms. The van der Waals surface area contributed by atoms with E-state index in [1.165, 1.54) is 0 Å². The summed E-state index contributed by atoms with van der Waals surface area (Å²) in [6, 6.07) is 2.77. The van der Waals surface area contributed by atoms with E-state index in [0.29, 0.717) is 6.04 Å². The molecule has 1 aliphatic heterocycles. The second kappa shape index (κ2) is 5.03. The summed E-state index contributed by atoms with van der Waals surface area (Å²) in [7, 11) is 0. The Bertz CT molecular complexity index is 309. The molecule has 0 aromatic heterocycles. The van der Waals surface area contributed by atoms with Gasteiger partial charge in [-0.15, -0.1) is 0 Å². The summed E-state index contributed by atoms with van der Waals surface area (Å²) in [6.45, 7) is 3.55. The van der Waals surface area contributed by atoms with Crippen molar-refractivity contribution in [3.05, 3.63) is 0 Å². The minimum atomic E-state index is -0.596. The molecule has 0 aromatic carbocycles. The van der Waals surface area contributed by atoms with Gasteiger partial charge >= 0.3 is 0 Å². The van der Waals surface area contributed by atoms with E-state index in [2.05, 4.69) is 11.0 Å². The number of amides is 1. The lowest BCUT2D eigenvalue weighted by atomic mass is 9.80. The predicted molar refractivity (Wildman–Crippen MR) is 64.0 cm³/mol. The third-order valence-electron chi connectivity index (χ3n) is 4.08. The maximum absolute atomic E-state index is 10.6. The summed E-state index contributed by atoms with van der Waals surface area (Å²) >= 11 is 0. The first kappa shape index (κ1) is 12.3. The zero-order valence-corrected chi connectivity index (χ0v) is 10.1. The molecule has 2 fully saturated rings. The molecule has 2 N–H and O–H groups in total.